The number of likely N-dealkylation sites (N-methyl/N-ethyl adjacent to an activating group) is 1. The molecule has 0 aliphatic carbocycles. The van der Waals surface area contributed by atoms with Gasteiger partial charge in [-0.2, -0.15) is 0 Å². The summed E-state index contributed by atoms with van der Waals surface area (Å²) < 4.78 is 0. The average Bonchev–Trinajstić information content (AvgIpc) is 2.81. The first-order valence-electron chi connectivity index (χ1n) is 6.51. The monoisotopic (exact) mass is 299 g/mol. The molecule has 0 aromatic heterocycles. The third kappa shape index (κ3) is 7.41. The molecule has 18 heavy (non-hydrogen) atoms. The van der Waals surface area contributed by atoms with Crippen molar-refractivity contribution in [2.45, 2.75) is 39.2 Å². The molecule has 0 saturated carbocycles. The molecule has 1 atom stereocenters. The molecule has 4 nitrogen and oxygen atoms in total. The van der Waals surface area contributed by atoms with Crippen molar-refractivity contribution >= 4 is 30.7 Å². The van der Waals surface area contributed by atoms with Gasteiger partial charge in [0.2, 0.25) is 5.91 Å². The third-order valence-corrected chi connectivity index (χ3v) is 3.09. The first-order chi connectivity index (χ1) is 7.77. The van der Waals surface area contributed by atoms with Crippen LogP contribution in [0.5, 0.6) is 0 Å². The van der Waals surface area contributed by atoms with Gasteiger partial charge in [-0.15, -0.1) is 24.8 Å². The Morgan fingerprint density at radius 1 is 1.33 bits per heavy atom. The molecule has 1 aliphatic rings. The van der Waals surface area contributed by atoms with Crippen LogP contribution in [0.3, 0.4) is 0 Å². The van der Waals surface area contributed by atoms with Crippen molar-refractivity contribution in [3.8, 4) is 0 Å². The van der Waals surface area contributed by atoms with E-state index in [9.17, 15) is 4.79 Å². The van der Waals surface area contributed by atoms with Crippen molar-refractivity contribution in [3.63, 3.8) is 0 Å². The van der Waals surface area contributed by atoms with E-state index in [-0.39, 0.29) is 36.8 Å². The molecule has 1 fully saturated rings. The number of hydrogen-bond acceptors (Lipinski definition) is 3. The van der Waals surface area contributed by atoms with Crippen LogP contribution in [0.4, 0.5) is 0 Å². The van der Waals surface area contributed by atoms with E-state index in [1.54, 1.807) is 0 Å². The highest BCUT2D eigenvalue weighted by atomic mass is 35.5. The number of amides is 1. The Morgan fingerprint density at radius 2 is 2.06 bits per heavy atom. The highest BCUT2D eigenvalue weighted by molar-refractivity contribution is 5.85. The number of halogens is 2. The van der Waals surface area contributed by atoms with E-state index in [2.05, 4.69) is 29.4 Å². The van der Waals surface area contributed by atoms with E-state index in [4.69, 9.17) is 0 Å². The molecule has 1 heterocycles. The molecule has 1 saturated heterocycles. The van der Waals surface area contributed by atoms with E-state index in [1.807, 2.05) is 0 Å². The number of hydrogen-bond donors (Lipinski definition) is 2. The molecule has 1 aliphatic heterocycles. The Balaban J connectivity index is 0. The Morgan fingerprint density at radius 3 is 2.56 bits per heavy atom. The third-order valence-electron chi connectivity index (χ3n) is 3.09. The van der Waals surface area contributed by atoms with Crippen LogP contribution in [-0.2, 0) is 4.79 Å². The fourth-order valence-corrected chi connectivity index (χ4v) is 2.11. The van der Waals surface area contributed by atoms with E-state index < -0.39 is 0 Å². The van der Waals surface area contributed by atoms with E-state index in [0.717, 1.165) is 45.6 Å². The Labute approximate surface area is 123 Å². The summed E-state index contributed by atoms with van der Waals surface area (Å²) in [7, 11) is 0. The SMILES string of the molecule is CCCN(CC)CCNC(=O)C1CCCN1.Cl.Cl. The molecule has 1 unspecified atom stereocenters. The van der Waals surface area contributed by atoms with Crippen LogP contribution in [-0.4, -0.2) is 49.6 Å². The number of nitrogens with zero attached hydrogens (tertiary/aromatic N) is 1. The Bertz CT molecular complexity index is 211. The highest BCUT2D eigenvalue weighted by Crippen LogP contribution is 2.04. The summed E-state index contributed by atoms with van der Waals surface area (Å²) in [6.45, 7) is 9.24. The van der Waals surface area contributed by atoms with Gasteiger partial charge < -0.3 is 15.5 Å². The maximum atomic E-state index is 11.7. The molecule has 2 N–H and O–H groups in total. The number of rotatable bonds is 7. The van der Waals surface area contributed by atoms with Gasteiger partial charge in [0.25, 0.3) is 0 Å². The lowest BCUT2D eigenvalue weighted by atomic mass is 10.2. The smallest absolute Gasteiger partial charge is 0.237 e. The van der Waals surface area contributed by atoms with Crippen molar-refractivity contribution in [3.05, 3.63) is 0 Å². The van der Waals surface area contributed by atoms with Crippen LogP contribution in [0.2, 0.25) is 0 Å². The lowest BCUT2D eigenvalue weighted by molar-refractivity contribution is -0.122. The number of carbonyl (C=O) groups is 1. The molecular formula is C12H27Cl2N3O. The minimum absolute atomic E-state index is 0. The summed E-state index contributed by atoms with van der Waals surface area (Å²) in [5, 5.41) is 6.21. The molecule has 1 amide bonds. The quantitative estimate of drug-likeness (QED) is 0.747. The second kappa shape index (κ2) is 12.0. The molecule has 0 bridgehead atoms. The lowest BCUT2D eigenvalue weighted by Crippen LogP contribution is -2.43. The van der Waals surface area contributed by atoms with E-state index >= 15 is 0 Å². The van der Waals surface area contributed by atoms with Crippen LogP contribution in [0.25, 0.3) is 0 Å². The zero-order valence-electron chi connectivity index (χ0n) is 11.4. The number of carbonyl (C=O) groups excluding carboxylic acids is 1. The van der Waals surface area contributed by atoms with Gasteiger partial charge in [-0.1, -0.05) is 13.8 Å². The van der Waals surface area contributed by atoms with Crippen LogP contribution < -0.4 is 10.6 Å². The van der Waals surface area contributed by atoms with Crippen LogP contribution >= 0.6 is 24.8 Å². The molecule has 1 rings (SSSR count). The van der Waals surface area contributed by atoms with Gasteiger partial charge in [0.15, 0.2) is 0 Å². The summed E-state index contributed by atoms with van der Waals surface area (Å²) in [6, 6.07) is 0.0567. The molecular weight excluding hydrogens is 273 g/mol. The van der Waals surface area contributed by atoms with Crippen molar-refractivity contribution in [2.75, 3.05) is 32.7 Å². The number of nitrogens with one attached hydrogen (secondary N) is 2. The highest BCUT2D eigenvalue weighted by Gasteiger charge is 2.21. The zero-order valence-corrected chi connectivity index (χ0v) is 13.0. The second-order valence-electron chi connectivity index (χ2n) is 4.37. The normalized spacial score (nSPS) is 18.1. The minimum Gasteiger partial charge on any atom is -0.353 e. The largest absolute Gasteiger partial charge is 0.353 e. The van der Waals surface area contributed by atoms with Crippen LogP contribution in [0.1, 0.15) is 33.1 Å². The van der Waals surface area contributed by atoms with Gasteiger partial charge in [-0.3, -0.25) is 4.79 Å². The Kier molecular flexibility index (Phi) is 13.6. The molecule has 0 aromatic rings. The van der Waals surface area contributed by atoms with Crippen molar-refractivity contribution < 1.29 is 4.79 Å². The maximum Gasteiger partial charge on any atom is 0.237 e. The fraction of sp³-hybridized carbons (Fsp3) is 0.917. The molecule has 110 valence electrons. The topological polar surface area (TPSA) is 44.4 Å². The molecule has 0 radical (unpaired) electrons. The molecule has 0 aromatic carbocycles. The summed E-state index contributed by atoms with van der Waals surface area (Å²) in [5.74, 6) is 0.171. The predicted octanol–water partition coefficient (Wildman–Crippen LogP) is 1.43. The lowest BCUT2D eigenvalue weighted by Gasteiger charge is -2.20. The van der Waals surface area contributed by atoms with Crippen molar-refractivity contribution in [2.24, 2.45) is 0 Å². The van der Waals surface area contributed by atoms with Gasteiger partial charge >= 0.3 is 0 Å². The van der Waals surface area contributed by atoms with Gasteiger partial charge in [-0.05, 0) is 38.9 Å². The second-order valence-corrected chi connectivity index (χ2v) is 4.37. The van der Waals surface area contributed by atoms with Gasteiger partial charge in [0.05, 0.1) is 6.04 Å². The van der Waals surface area contributed by atoms with Crippen LogP contribution in [0, 0.1) is 0 Å². The van der Waals surface area contributed by atoms with Crippen molar-refractivity contribution in [1.29, 1.82) is 0 Å². The zero-order chi connectivity index (χ0) is 11.8. The first kappa shape index (κ1) is 20.3. The van der Waals surface area contributed by atoms with Gasteiger partial charge in [0, 0.05) is 13.1 Å². The van der Waals surface area contributed by atoms with Gasteiger partial charge in [0.1, 0.15) is 0 Å². The summed E-state index contributed by atoms with van der Waals surface area (Å²) in [4.78, 5) is 14.0. The molecule has 0 spiro atoms. The first-order valence-corrected chi connectivity index (χ1v) is 6.51. The Hall–Kier alpha value is -0.0300. The fourth-order valence-electron chi connectivity index (χ4n) is 2.11. The summed E-state index contributed by atoms with van der Waals surface area (Å²) in [5.41, 5.74) is 0. The van der Waals surface area contributed by atoms with Crippen LogP contribution in [0.15, 0.2) is 0 Å². The summed E-state index contributed by atoms with van der Waals surface area (Å²) in [6.07, 6.45) is 3.28. The summed E-state index contributed by atoms with van der Waals surface area (Å²) >= 11 is 0. The average molecular weight is 300 g/mol. The maximum absolute atomic E-state index is 11.7. The van der Waals surface area contributed by atoms with E-state index in [0.29, 0.717) is 0 Å². The van der Waals surface area contributed by atoms with E-state index in [1.165, 1.54) is 6.42 Å². The predicted molar refractivity (Wildman–Crippen MR) is 80.9 cm³/mol. The molecule has 6 heteroatoms. The van der Waals surface area contributed by atoms with Crippen molar-refractivity contribution in [1.82, 2.24) is 15.5 Å². The van der Waals surface area contributed by atoms with Gasteiger partial charge in [-0.25, -0.2) is 0 Å². The standard InChI is InChI=1S/C12H25N3O.2ClH/c1-3-9-15(4-2)10-8-14-12(16)11-6-5-7-13-11;;/h11,13H,3-10H2,1-2H3,(H,14,16);2*1H. The minimum atomic E-state index is 0.